The summed E-state index contributed by atoms with van der Waals surface area (Å²) >= 11 is 0. The largest absolute Gasteiger partial charge is 0.362 e. The molecule has 0 bridgehead atoms. The van der Waals surface area contributed by atoms with Crippen LogP contribution in [0.2, 0.25) is 0 Å². The molecule has 0 saturated carbocycles. The number of hydrogen-bond donors (Lipinski definition) is 3. The van der Waals surface area contributed by atoms with Crippen molar-refractivity contribution < 1.29 is 4.79 Å². The van der Waals surface area contributed by atoms with Crippen LogP contribution in [0.5, 0.6) is 0 Å². The molecule has 0 aromatic carbocycles. The Morgan fingerprint density at radius 3 is 2.78 bits per heavy atom. The van der Waals surface area contributed by atoms with Gasteiger partial charge in [-0.3, -0.25) is 9.89 Å². The molecule has 2 heterocycles. The number of carbonyl (C=O) groups is 1. The molecule has 0 saturated heterocycles. The van der Waals surface area contributed by atoms with Crippen molar-refractivity contribution in [3.63, 3.8) is 0 Å². The lowest BCUT2D eigenvalue weighted by Crippen LogP contribution is -2.20. The van der Waals surface area contributed by atoms with Gasteiger partial charge in [-0.1, -0.05) is 0 Å². The number of rotatable bonds is 4. The fraction of sp³-hybridized carbons (Fsp3) is 0.273. The fourth-order valence-corrected chi connectivity index (χ4v) is 1.46. The van der Waals surface area contributed by atoms with Gasteiger partial charge in [-0.05, 0) is 19.1 Å². The van der Waals surface area contributed by atoms with E-state index in [-0.39, 0.29) is 11.9 Å². The van der Waals surface area contributed by atoms with Gasteiger partial charge in [0.15, 0.2) is 5.69 Å². The van der Waals surface area contributed by atoms with Gasteiger partial charge >= 0.3 is 0 Å². The summed E-state index contributed by atoms with van der Waals surface area (Å²) in [6, 6.07) is 3.40. The maximum Gasteiger partial charge on any atom is 0.271 e. The smallest absolute Gasteiger partial charge is 0.271 e. The van der Waals surface area contributed by atoms with Gasteiger partial charge in [-0.25, -0.2) is 0 Å². The summed E-state index contributed by atoms with van der Waals surface area (Å²) in [6.45, 7) is 1.99. The molecule has 0 fully saturated rings. The lowest BCUT2D eigenvalue weighted by molar-refractivity contribution is 0.0957. The van der Waals surface area contributed by atoms with E-state index < -0.39 is 0 Å². The molecule has 0 aliphatic carbocycles. The van der Waals surface area contributed by atoms with Crippen molar-refractivity contribution in [2.75, 3.05) is 12.4 Å². The highest BCUT2D eigenvalue weighted by Gasteiger charge is 2.09. The van der Waals surface area contributed by atoms with Gasteiger partial charge in [0.25, 0.3) is 5.91 Å². The van der Waals surface area contributed by atoms with E-state index in [4.69, 9.17) is 0 Å². The average molecular weight is 246 g/mol. The molecule has 1 amide bonds. The highest BCUT2D eigenvalue weighted by Crippen LogP contribution is 2.15. The van der Waals surface area contributed by atoms with Gasteiger partial charge in [0.05, 0.1) is 12.2 Å². The maximum absolute atomic E-state index is 11.3. The number of hydrogen-bond acceptors (Lipinski definition) is 5. The number of nitrogens with zero attached hydrogens (tertiary/aromatic N) is 3. The monoisotopic (exact) mass is 246 g/mol. The van der Waals surface area contributed by atoms with E-state index >= 15 is 0 Å². The van der Waals surface area contributed by atoms with Crippen LogP contribution in [0.1, 0.15) is 29.0 Å². The zero-order valence-corrected chi connectivity index (χ0v) is 10.1. The molecule has 0 spiro atoms. The van der Waals surface area contributed by atoms with Crippen LogP contribution >= 0.6 is 0 Å². The zero-order valence-electron chi connectivity index (χ0n) is 10.1. The Kier molecular flexibility index (Phi) is 3.52. The number of aromatic amines is 1. The van der Waals surface area contributed by atoms with Gasteiger partial charge < -0.3 is 10.6 Å². The summed E-state index contributed by atoms with van der Waals surface area (Å²) in [5.74, 6) is 0.355. The van der Waals surface area contributed by atoms with Crippen molar-refractivity contribution in [1.29, 1.82) is 0 Å². The SMILES string of the molecule is CNC(=O)c1ccc(NC(C)c2cn[nH]c2)nn1. The van der Waals surface area contributed by atoms with Crippen molar-refractivity contribution in [2.45, 2.75) is 13.0 Å². The Balaban J connectivity index is 2.04. The first-order chi connectivity index (χ1) is 8.70. The van der Waals surface area contributed by atoms with Crippen LogP contribution in [0, 0.1) is 0 Å². The summed E-state index contributed by atoms with van der Waals surface area (Å²) in [4.78, 5) is 11.3. The molecule has 94 valence electrons. The number of carbonyl (C=O) groups excluding carboxylic acids is 1. The third kappa shape index (κ3) is 2.62. The maximum atomic E-state index is 11.3. The molecule has 2 aromatic heterocycles. The van der Waals surface area contributed by atoms with Crippen molar-refractivity contribution in [3.05, 3.63) is 35.8 Å². The second-order valence-corrected chi connectivity index (χ2v) is 3.78. The lowest BCUT2D eigenvalue weighted by Gasteiger charge is -2.11. The van der Waals surface area contributed by atoms with Gasteiger partial charge in [-0.2, -0.15) is 5.10 Å². The fourth-order valence-electron chi connectivity index (χ4n) is 1.46. The predicted octanol–water partition coefficient (Wildman–Crippen LogP) is 0.732. The van der Waals surface area contributed by atoms with E-state index in [0.717, 1.165) is 5.56 Å². The topological polar surface area (TPSA) is 95.6 Å². The molecule has 18 heavy (non-hydrogen) atoms. The first-order valence-electron chi connectivity index (χ1n) is 5.51. The van der Waals surface area contributed by atoms with Gasteiger partial charge in [0.1, 0.15) is 5.82 Å². The quantitative estimate of drug-likeness (QED) is 0.739. The van der Waals surface area contributed by atoms with Crippen LogP contribution in [-0.2, 0) is 0 Å². The predicted molar refractivity (Wildman–Crippen MR) is 66.0 cm³/mol. The van der Waals surface area contributed by atoms with Crippen molar-refractivity contribution in [2.24, 2.45) is 0 Å². The summed E-state index contributed by atoms with van der Waals surface area (Å²) in [5.41, 5.74) is 1.31. The zero-order chi connectivity index (χ0) is 13.0. The summed E-state index contributed by atoms with van der Waals surface area (Å²) < 4.78 is 0. The first-order valence-corrected chi connectivity index (χ1v) is 5.51. The summed E-state index contributed by atoms with van der Waals surface area (Å²) in [6.07, 6.45) is 3.55. The minimum atomic E-state index is -0.253. The van der Waals surface area contributed by atoms with Crippen molar-refractivity contribution >= 4 is 11.7 Å². The van der Waals surface area contributed by atoms with Crippen molar-refractivity contribution in [3.8, 4) is 0 Å². The van der Waals surface area contributed by atoms with Crippen LogP contribution in [0.3, 0.4) is 0 Å². The molecular formula is C11H14N6O. The minimum Gasteiger partial charge on any atom is -0.362 e. The first kappa shape index (κ1) is 12.0. The molecule has 0 aliphatic rings. The van der Waals surface area contributed by atoms with Gasteiger partial charge in [0.2, 0.25) is 0 Å². The van der Waals surface area contributed by atoms with E-state index in [0.29, 0.717) is 11.5 Å². The average Bonchev–Trinajstić information content (AvgIpc) is 2.92. The Hall–Kier alpha value is -2.44. The molecule has 3 N–H and O–H groups in total. The highest BCUT2D eigenvalue weighted by molar-refractivity contribution is 5.91. The Bertz CT molecular complexity index is 507. The van der Waals surface area contributed by atoms with E-state index in [9.17, 15) is 4.79 Å². The number of aromatic nitrogens is 4. The molecular weight excluding hydrogens is 232 g/mol. The Morgan fingerprint density at radius 1 is 1.39 bits per heavy atom. The molecule has 1 atom stereocenters. The summed E-state index contributed by atoms with van der Waals surface area (Å²) in [5, 5.41) is 20.1. The van der Waals surface area contributed by atoms with Crippen molar-refractivity contribution in [1.82, 2.24) is 25.7 Å². The molecule has 7 heteroatoms. The number of anilines is 1. The molecule has 2 aromatic rings. The van der Waals surface area contributed by atoms with Gasteiger partial charge in [-0.15, -0.1) is 10.2 Å². The number of amides is 1. The Morgan fingerprint density at radius 2 is 2.22 bits per heavy atom. The Labute approximate surface area is 104 Å². The normalized spacial score (nSPS) is 11.9. The van der Waals surface area contributed by atoms with E-state index in [1.165, 1.54) is 0 Å². The molecule has 2 rings (SSSR count). The standard InChI is InChI=1S/C11H14N6O/c1-7(8-5-13-14-6-8)15-10-4-3-9(16-17-10)11(18)12-2/h3-7H,1-2H3,(H,12,18)(H,13,14)(H,15,17). The third-order valence-electron chi connectivity index (χ3n) is 2.51. The molecule has 1 unspecified atom stereocenters. The van der Waals surface area contributed by atoms with E-state index in [2.05, 4.69) is 31.0 Å². The van der Waals surface area contributed by atoms with Crippen LogP contribution in [-0.4, -0.2) is 33.3 Å². The van der Waals surface area contributed by atoms with E-state index in [1.54, 1.807) is 25.4 Å². The highest BCUT2D eigenvalue weighted by atomic mass is 16.1. The second-order valence-electron chi connectivity index (χ2n) is 3.78. The molecule has 0 aliphatic heterocycles. The van der Waals surface area contributed by atoms with Crippen LogP contribution in [0.15, 0.2) is 24.5 Å². The number of H-pyrrole nitrogens is 1. The lowest BCUT2D eigenvalue weighted by atomic mass is 10.2. The molecule has 0 radical (unpaired) electrons. The van der Waals surface area contributed by atoms with Gasteiger partial charge in [0, 0.05) is 18.8 Å². The minimum absolute atomic E-state index is 0.0592. The number of nitrogens with one attached hydrogen (secondary N) is 3. The summed E-state index contributed by atoms with van der Waals surface area (Å²) in [7, 11) is 1.55. The van der Waals surface area contributed by atoms with Crippen LogP contribution in [0.25, 0.3) is 0 Å². The third-order valence-corrected chi connectivity index (χ3v) is 2.51. The van der Waals surface area contributed by atoms with Crippen LogP contribution < -0.4 is 10.6 Å². The van der Waals surface area contributed by atoms with E-state index in [1.807, 2.05) is 13.1 Å². The van der Waals surface area contributed by atoms with Crippen LogP contribution in [0.4, 0.5) is 5.82 Å². The molecule has 7 nitrogen and oxygen atoms in total. The second kappa shape index (κ2) is 5.26.